The Morgan fingerprint density at radius 1 is 1.09 bits per heavy atom. The van der Waals surface area contributed by atoms with Gasteiger partial charge >= 0.3 is 0 Å². The van der Waals surface area contributed by atoms with Gasteiger partial charge in [-0.15, -0.1) is 0 Å². The van der Waals surface area contributed by atoms with Crippen molar-refractivity contribution < 1.29 is 14.3 Å². The van der Waals surface area contributed by atoms with E-state index < -0.39 is 0 Å². The van der Waals surface area contributed by atoms with Crippen LogP contribution in [0.2, 0.25) is 0 Å². The van der Waals surface area contributed by atoms with Gasteiger partial charge in [0.05, 0.1) is 12.8 Å². The summed E-state index contributed by atoms with van der Waals surface area (Å²) in [4.78, 5) is 21.2. The molecule has 1 aromatic heterocycles. The lowest BCUT2D eigenvalue weighted by Gasteiger charge is -2.19. The number of aryl methyl sites for hydroxylation is 1. The van der Waals surface area contributed by atoms with Crippen LogP contribution >= 0.6 is 11.8 Å². The number of allylic oxidation sites excluding steroid dienone is 1. The van der Waals surface area contributed by atoms with Crippen LogP contribution in [-0.2, 0) is 17.0 Å². The maximum absolute atomic E-state index is 11.9. The molecule has 2 N–H and O–H groups in total. The number of thioether (sulfide) groups is 1. The summed E-state index contributed by atoms with van der Waals surface area (Å²) >= 11 is 1.83. The minimum atomic E-state index is -0.188. The third-order valence-corrected chi connectivity index (χ3v) is 5.75. The summed E-state index contributed by atoms with van der Waals surface area (Å²) in [7, 11) is 1.64. The van der Waals surface area contributed by atoms with Gasteiger partial charge < -0.3 is 20.1 Å². The second-order valence-corrected chi connectivity index (χ2v) is 8.16. The molecule has 1 aliphatic rings. The lowest BCUT2D eigenvalue weighted by atomic mass is 10.2. The highest BCUT2D eigenvalue weighted by Gasteiger charge is 2.20. The molecule has 7 nitrogen and oxygen atoms in total. The van der Waals surface area contributed by atoms with Crippen LogP contribution in [0.3, 0.4) is 0 Å². The molecule has 8 heteroatoms. The molecule has 32 heavy (non-hydrogen) atoms. The molecule has 0 unspecified atom stereocenters. The lowest BCUT2D eigenvalue weighted by molar-refractivity contribution is -0.111. The first-order chi connectivity index (χ1) is 15.6. The molecule has 1 aliphatic heterocycles. The Morgan fingerprint density at radius 2 is 1.94 bits per heavy atom. The molecule has 0 bridgehead atoms. The molecule has 0 spiro atoms. The molecule has 1 amide bonds. The Labute approximate surface area is 191 Å². The second kappa shape index (κ2) is 10.2. The van der Waals surface area contributed by atoms with E-state index in [0.29, 0.717) is 23.3 Å². The predicted molar refractivity (Wildman–Crippen MR) is 128 cm³/mol. The Balaban J connectivity index is 1.60. The lowest BCUT2D eigenvalue weighted by Crippen LogP contribution is -2.11. The quantitative estimate of drug-likeness (QED) is 0.473. The highest BCUT2D eigenvalue weighted by atomic mass is 32.2. The van der Waals surface area contributed by atoms with Crippen molar-refractivity contribution in [1.29, 1.82) is 0 Å². The smallest absolute Gasteiger partial charge is 0.248 e. The van der Waals surface area contributed by atoms with Gasteiger partial charge in [0.2, 0.25) is 17.7 Å². The zero-order valence-corrected chi connectivity index (χ0v) is 18.7. The van der Waals surface area contributed by atoms with Crippen LogP contribution in [-0.4, -0.2) is 28.7 Å². The number of aromatic nitrogens is 2. The fourth-order valence-electron chi connectivity index (χ4n) is 3.23. The van der Waals surface area contributed by atoms with E-state index in [1.54, 1.807) is 26.2 Å². The Hall–Kier alpha value is -3.52. The molecule has 0 radical (unpaired) electrons. The average Bonchev–Trinajstić information content (AvgIpc) is 2.80. The van der Waals surface area contributed by atoms with Crippen molar-refractivity contribution in [1.82, 2.24) is 9.97 Å². The van der Waals surface area contributed by atoms with Crippen LogP contribution in [0.4, 0.5) is 17.3 Å². The van der Waals surface area contributed by atoms with Crippen molar-refractivity contribution >= 4 is 35.0 Å². The van der Waals surface area contributed by atoms with Gasteiger partial charge in [-0.2, -0.15) is 16.7 Å². The van der Waals surface area contributed by atoms with Gasteiger partial charge in [0, 0.05) is 28.8 Å². The third-order valence-electron chi connectivity index (χ3n) is 4.76. The number of hydrogen-bond donors (Lipinski definition) is 2. The third kappa shape index (κ3) is 5.39. The Kier molecular flexibility index (Phi) is 6.91. The van der Waals surface area contributed by atoms with Crippen LogP contribution in [0.15, 0.2) is 60.7 Å². The monoisotopic (exact) mass is 448 g/mol. The molecule has 0 fully saturated rings. The van der Waals surface area contributed by atoms with Crippen molar-refractivity contribution in [3.63, 3.8) is 0 Å². The number of rotatable bonds is 7. The first-order valence-corrected chi connectivity index (χ1v) is 11.4. The molecule has 0 saturated heterocycles. The van der Waals surface area contributed by atoms with Crippen molar-refractivity contribution in [2.24, 2.45) is 0 Å². The fraction of sp³-hybridized carbons (Fsp3) is 0.208. The van der Waals surface area contributed by atoms with Crippen LogP contribution < -0.4 is 20.1 Å². The number of methoxy groups -OCH3 is 1. The van der Waals surface area contributed by atoms with Gasteiger partial charge in [-0.1, -0.05) is 12.1 Å². The molecule has 4 rings (SSSR count). The maximum Gasteiger partial charge on any atom is 0.248 e. The van der Waals surface area contributed by atoms with E-state index in [9.17, 15) is 4.79 Å². The van der Waals surface area contributed by atoms with E-state index in [4.69, 9.17) is 14.5 Å². The van der Waals surface area contributed by atoms with E-state index in [1.807, 2.05) is 54.2 Å². The minimum absolute atomic E-state index is 0.188. The van der Waals surface area contributed by atoms with E-state index in [0.717, 1.165) is 40.6 Å². The van der Waals surface area contributed by atoms with Gasteiger partial charge in [0.25, 0.3) is 0 Å². The molecule has 0 saturated carbocycles. The molecule has 2 aromatic carbocycles. The summed E-state index contributed by atoms with van der Waals surface area (Å²) in [6, 6.07) is 14.8. The number of ether oxygens (including phenoxy) is 2. The molecular formula is C24H24N4O3S. The highest BCUT2D eigenvalue weighted by molar-refractivity contribution is 7.98. The number of nitrogens with zero attached hydrogens (tertiary/aromatic N) is 2. The minimum Gasteiger partial charge on any atom is -0.497 e. The van der Waals surface area contributed by atoms with E-state index >= 15 is 0 Å². The number of fused-ring (bicyclic) bond motifs is 1. The van der Waals surface area contributed by atoms with Crippen molar-refractivity contribution in [3.8, 4) is 17.4 Å². The van der Waals surface area contributed by atoms with Crippen LogP contribution in [0.1, 0.15) is 18.2 Å². The van der Waals surface area contributed by atoms with Crippen molar-refractivity contribution in [3.05, 3.63) is 71.9 Å². The molecular weight excluding hydrogens is 424 g/mol. The fourth-order valence-corrected chi connectivity index (χ4v) is 4.21. The highest BCUT2D eigenvalue weighted by Crippen LogP contribution is 2.34. The number of hydrogen-bond acceptors (Lipinski definition) is 7. The Bertz CT molecular complexity index is 1130. The van der Waals surface area contributed by atoms with Crippen molar-refractivity contribution in [2.75, 3.05) is 23.5 Å². The summed E-state index contributed by atoms with van der Waals surface area (Å²) < 4.78 is 11.4. The standard InChI is InChI=1S/C24H24N4O3S/c1-3-5-22(29)25-17-6-4-7-19(14-17)31-23-20-15-32-13-12-21(20)27-24(28-23)26-16-8-10-18(30-2)11-9-16/h3-11,14H,12-13,15H2,1-2H3,(H,25,29)(H,26,27,28)/b5-3+. The van der Waals surface area contributed by atoms with Gasteiger partial charge in [0.15, 0.2) is 0 Å². The van der Waals surface area contributed by atoms with E-state index in [2.05, 4.69) is 15.6 Å². The number of anilines is 3. The van der Waals surface area contributed by atoms with Crippen LogP contribution in [0.5, 0.6) is 17.4 Å². The summed E-state index contributed by atoms with van der Waals surface area (Å²) in [5.74, 6) is 4.00. The summed E-state index contributed by atoms with van der Waals surface area (Å²) in [6.07, 6.45) is 4.02. The largest absolute Gasteiger partial charge is 0.497 e. The number of amides is 1. The Morgan fingerprint density at radius 3 is 2.72 bits per heavy atom. The SMILES string of the molecule is C/C=C/C(=O)Nc1cccc(Oc2nc(Nc3ccc(OC)cc3)nc3c2CSCC3)c1. The summed E-state index contributed by atoms with van der Waals surface area (Å²) in [6.45, 7) is 1.80. The van der Waals surface area contributed by atoms with E-state index in [-0.39, 0.29) is 5.91 Å². The van der Waals surface area contributed by atoms with Gasteiger partial charge in [-0.25, -0.2) is 4.98 Å². The first-order valence-electron chi connectivity index (χ1n) is 10.2. The molecule has 0 aliphatic carbocycles. The van der Waals surface area contributed by atoms with Crippen LogP contribution in [0.25, 0.3) is 0 Å². The number of nitrogens with one attached hydrogen (secondary N) is 2. The van der Waals surface area contributed by atoms with Gasteiger partial charge in [0.1, 0.15) is 11.5 Å². The number of benzene rings is 2. The predicted octanol–water partition coefficient (Wildman–Crippen LogP) is 5.33. The zero-order chi connectivity index (χ0) is 22.3. The first kappa shape index (κ1) is 21.7. The second-order valence-electron chi connectivity index (χ2n) is 7.05. The van der Waals surface area contributed by atoms with Gasteiger partial charge in [-0.3, -0.25) is 4.79 Å². The zero-order valence-electron chi connectivity index (χ0n) is 17.9. The summed E-state index contributed by atoms with van der Waals surface area (Å²) in [5.41, 5.74) is 3.50. The molecule has 2 heterocycles. The summed E-state index contributed by atoms with van der Waals surface area (Å²) in [5, 5.41) is 6.07. The van der Waals surface area contributed by atoms with Crippen LogP contribution in [0, 0.1) is 0 Å². The van der Waals surface area contributed by atoms with Crippen molar-refractivity contribution in [2.45, 2.75) is 19.1 Å². The van der Waals surface area contributed by atoms with Gasteiger partial charge in [-0.05, 0) is 61.6 Å². The topological polar surface area (TPSA) is 85.4 Å². The number of carbonyl (C=O) groups excluding carboxylic acids is 1. The molecule has 164 valence electrons. The van der Waals surface area contributed by atoms with E-state index in [1.165, 1.54) is 6.08 Å². The molecule has 0 atom stereocenters. The number of carbonyl (C=O) groups is 1. The normalized spacial score (nSPS) is 12.8. The maximum atomic E-state index is 11.9. The molecule has 3 aromatic rings. The average molecular weight is 449 g/mol.